The molecule has 0 spiro atoms. The molecule has 2 aromatic carbocycles. The van der Waals surface area contributed by atoms with E-state index in [1.807, 2.05) is 56.3 Å². The molecule has 3 amide bonds. The summed E-state index contributed by atoms with van der Waals surface area (Å²) < 4.78 is 0.867. The van der Waals surface area contributed by atoms with Crippen molar-refractivity contribution in [1.29, 1.82) is 0 Å². The molecular weight excluding hydrogens is 370 g/mol. The lowest BCUT2D eigenvalue weighted by molar-refractivity contribution is -0.116. The number of carbonyl (C=O) groups is 2. The van der Waals surface area contributed by atoms with Gasteiger partial charge in [0.05, 0.1) is 12.5 Å². The Morgan fingerprint density at radius 2 is 1.92 bits per heavy atom. The maximum atomic E-state index is 12.4. The van der Waals surface area contributed by atoms with Crippen LogP contribution in [0.5, 0.6) is 0 Å². The van der Waals surface area contributed by atoms with Crippen molar-refractivity contribution in [2.24, 2.45) is 5.73 Å². The molecule has 2 aromatic rings. The van der Waals surface area contributed by atoms with E-state index in [9.17, 15) is 9.59 Å². The van der Waals surface area contributed by atoms with Gasteiger partial charge in [-0.15, -0.1) is 0 Å². The second kappa shape index (κ2) is 7.97. The summed E-state index contributed by atoms with van der Waals surface area (Å²) >= 11 is 3.39. The molecule has 0 bridgehead atoms. The Kier molecular flexibility index (Phi) is 5.98. The zero-order valence-electron chi connectivity index (χ0n) is 13.6. The highest BCUT2D eigenvalue weighted by Crippen LogP contribution is 2.22. The van der Waals surface area contributed by atoms with E-state index < -0.39 is 12.1 Å². The van der Waals surface area contributed by atoms with E-state index in [0.717, 1.165) is 26.9 Å². The van der Waals surface area contributed by atoms with Crippen LogP contribution < -0.4 is 16.4 Å². The van der Waals surface area contributed by atoms with Crippen LogP contribution in [0.1, 0.15) is 29.2 Å². The van der Waals surface area contributed by atoms with Crippen molar-refractivity contribution in [3.63, 3.8) is 0 Å². The van der Waals surface area contributed by atoms with Crippen LogP contribution in [-0.4, -0.2) is 11.9 Å². The summed E-state index contributed by atoms with van der Waals surface area (Å²) in [6.07, 6.45) is 0.0901. The van der Waals surface area contributed by atoms with E-state index >= 15 is 0 Å². The monoisotopic (exact) mass is 389 g/mol. The fourth-order valence-corrected chi connectivity index (χ4v) is 2.82. The maximum Gasteiger partial charge on any atom is 0.312 e. The normalized spacial score (nSPS) is 11.6. The molecule has 0 aliphatic carbocycles. The van der Waals surface area contributed by atoms with E-state index in [1.165, 1.54) is 0 Å². The number of hydrogen-bond donors (Lipinski definition) is 3. The van der Waals surface area contributed by atoms with Gasteiger partial charge in [0.2, 0.25) is 5.91 Å². The Morgan fingerprint density at radius 1 is 1.17 bits per heavy atom. The number of nitrogens with one attached hydrogen (secondary N) is 2. The van der Waals surface area contributed by atoms with Crippen molar-refractivity contribution < 1.29 is 9.59 Å². The van der Waals surface area contributed by atoms with Crippen LogP contribution in [0.25, 0.3) is 0 Å². The molecule has 126 valence electrons. The summed E-state index contributed by atoms with van der Waals surface area (Å²) in [6.45, 7) is 3.90. The maximum absolute atomic E-state index is 12.4. The molecule has 5 nitrogen and oxygen atoms in total. The molecule has 0 fully saturated rings. The van der Waals surface area contributed by atoms with Crippen molar-refractivity contribution in [2.75, 3.05) is 5.32 Å². The molecule has 0 aliphatic heterocycles. The number of anilines is 1. The number of amides is 3. The Bertz CT molecular complexity index is 762. The molecule has 24 heavy (non-hydrogen) atoms. The number of nitrogens with two attached hydrogens (primary N) is 1. The van der Waals surface area contributed by atoms with Crippen LogP contribution in [0.3, 0.4) is 0 Å². The number of urea groups is 1. The SMILES string of the molecule is Cc1ccc(C)c(NC(=O)CC(NC(N)=O)c2cccc(Br)c2)c1. The van der Waals surface area contributed by atoms with E-state index in [4.69, 9.17) is 5.73 Å². The van der Waals surface area contributed by atoms with Crippen molar-refractivity contribution >= 4 is 33.6 Å². The Labute approximate surface area is 149 Å². The van der Waals surface area contributed by atoms with Crippen molar-refractivity contribution in [3.8, 4) is 0 Å². The molecule has 2 rings (SSSR count). The summed E-state index contributed by atoms with van der Waals surface area (Å²) in [5.74, 6) is -0.192. The van der Waals surface area contributed by atoms with Gasteiger partial charge in [0, 0.05) is 10.2 Å². The van der Waals surface area contributed by atoms with Crippen molar-refractivity contribution in [1.82, 2.24) is 5.32 Å². The largest absolute Gasteiger partial charge is 0.352 e. The van der Waals surface area contributed by atoms with E-state index in [1.54, 1.807) is 0 Å². The number of halogens is 1. The first-order valence-electron chi connectivity index (χ1n) is 7.53. The fourth-order valence-electron chi connectivity index (χ4n) is 2.40. The van der Waals surface area contributed by atoms with Crippen LogP contribution in [0.2, 0.25) is 0 Å². The number of rotatable bonds is 5. The average Bonchev–Trinajstić information content (AvgIpc) is 2.50. The van der Waals surface area contributed by atoms with Crippen LogP contribution in [0, 0.1) is 13.8 Å². The zero-order valence-corrected chi connectivity index (χ0v) is 15.2. The highest BCUT2D eigenvalue weighted by atomic mass is 79.9. The summed E-state index contributed by atoms with van der Waals surface area (Å²) in [6, 6.07) is 12.1. The van der Waals surface area contributed by atoms with Crippen LogP contribution in [-0.2, 0) is 4.79 Å². The Hall–Kier alpha value is -2.34. The molecule has 6 heteroatoms. The summed E-state index contributed by atoms with van der Waals surface area (Å²) in [7, 11) is 0. The molecule has 0 aliphatic rings. The van der Waals surface area contributed by atoms with Crippen molar-refractivity contribution in [2.45, 2.75) is 26.3 Å². The van der Waals surface area contributed by atoms with Gasteiger partial charge in [-0.05, 0) is 48.7 Å². The minimum atomic E-state index is -0.667. The quantitative estimate of drug-likeness (QED) is 0.726. The van der Waals surface area contributed by atoms with Crippen LogP contribution in [0.4, 0.5) is 10.5 Å². The molecule has 0 saturated heterocycles. The van der Waals surface area contributed by atoms with Gasteiger partial charge in [-0.25, -0.2) is 4.79 Å². The molecule has 0 heterocycles. The van der Waals surface area contributed by atoms with Gasteiger partial charge in [0.1, 0.15) is 0 Å². The second-order valence-electron chi connectivity index (χ2n) is 5.69. The van der Waals surface area contributed by atoms with Crippen LogP contribution in [0.15, 0.2) is 46.9 Å². The predicted octanol–water partition coefficient (Wildman–Crippen LogP) is 3.80. The predicted molar refractivity (Wildman–Crippen MR) is 98.8 cm³/mol. The third-order valence-electron chi connectivity index (χ3n) is 3.62. The van der Waals surface area contributed by atoms with Gasteiger partial charge >= 0.3 is 6.03 Å². The van der Waals surface area contributed by atoms with Gasteiger partial charge in [0.25, 0.3) is 0 Å². The summed E-state index contributed by atoms with van der Waals surface area (Å²) in [4.78, 5) is 23.7. The minimum absolute atomic E-state index is 0.0901. The second-order valence-corrected chi connectivity index (χ2v) is 6.60. The molecule has 0 aromatic heterocycles. The first-order chi connectivity index (χ1) is 11.3. The molecule has 1 unspecified atom stereocenters. The highest BCUT2D eigenvalue weighted by Gasteiger charge is 2.18. The topological polar surface area (TPSA) is 84.2 Å². The first kappa shape index (κ1) is 18.0. The average molecular weight is 390 g/mol. The van der Waals surface area contributed by atoms with E-state index in [-0.39, 0.29) is 12.3 Å². The van der Waals surface area contributed by atoms with Gasteiger partial charge in [-0.3, -0.25) is 4.79 Å². The number of primary amides is 1. The smallest absolute Gasteiger partial charge is 0.312 e. The lowest BCUT2D eigenvalue weighted by atomic mass is 10.0. The molecule has 1 atom stereocenters. The molecular formula is C18H20BrN3O2. The molecule has 0 saturated carbocycles. The lowest BCUT2D eigenvalue weighted by Crippen LogP contribution is -2.35. The number of hydrogen-bond acceptors (Lipinski definition) is 2. The zero-order chi connectivity index (χ0) is 17.7. The van der Waals surface area contributed by atoms with Gasteiger partial charge in [0.15, 0.2) is 0 Å². The molecule has 4 N–H and O–H groups in total. The minimum Gasteiger partial charge on any atom is -0.352 e. The lowest BCUT2D eigenvalue weighted by Gasteiger charge is -2.18. The summed E-state index contributed by atoms with van der Waals surface area (Å²) in [5.41, 5.74) is 8.87. The molecule has 0 radical (unpaired) electrons. The van der Waals surface area contributed by atoms with E-state index in [0.29, 0.717) is 0 Å². The number of aryl methyl sites for hydroxylation is 2. The summed E-state index contributed by atoms with van der Waals surface area (Å²) in [5, 5.41) is 5.52. The van der Waals surface area contributed by atoms with Crippen molar-refractivity contribution in [3.05, 3.63) is 63.6 Å². The number of benzene rings is 2. The Balaban J connectivity index is 2.15. The fraction of sp³-hybridized carbons (Fsp3) is 0.222. The standard InChI is InChI=1S/C18H20BrN3O2/c1-11-6-7-12(2)15(8-11)21-17(23)10-16(22-18(20)24)13-4-3-5-14(19)9-13/h3-9,16H,10H2,1-2H3,(H,21,23)(H3,20,22,24). The highest BCUT2D eigenvalue weighted by molar-refractivity contribution is 9.10. The third kappa shape index (κ3) is 5.09. The third-order valence-corrected chi connectivity index (χ3v) is 4.12. The first-order valence-corrected chi connectivity index (χ1v) is 8.33. The van der Waals surface area contributed by atoms with Gasteiger partial charge in [-0.1, -0.05) is 40.2 Å². The van der Waals surface area contributed by atoms with E-state index in [2.05, 4.69) is 26.6 Å². The van der Waals surface area contributed by atoms with Gasteiger partial charge < -0.3 is 16.4 Å². The Morgan fingerprint density at radius 3 is 2.58 bits per heavy atom. The van der Waals surface area contributed by atoms with Crippen LogP contribution >= 0.6 is 15.9 Å². The number of carbonyl (C=O) groups excluding carboxylic acids is 2. The van der Waals surface area contributed by atoms with Gasteiger partial charge in [-0.2, -0.15) is 0 Å².